The minimum atomic E-state index is -0.286. The SMILES string of the molecule is CCOc1cccc(/C=C(/C#N)C(=O)NC2CCCC2)c1. The van der Waals surface area contributed by atoms with Crippen LogP contribution in [-0.4, -0.2) is 18.6 Å². The minimum absolute atomic E-state index is 0.135. The molecule has 0 saturated heterocycles. The van der Waals surface area contributed by atoms with Gasteiger partial charge in [-0.15, -0.1) is 0 Å². The van der Waals surface area contributed by atoms with Crippen LogP contribution in [0.1, 0.15) is 38.2 Å². The van der Waals surface area contributed by atoms with Crippen LogP contribution in [0.4, 0.5) is 0 Å². The first kappa shape index (κ1) is 15.1. The van der Waals surface area contributed by atoms with Gasteiger partial charge in [-0.2, -0.15) is 5.26 Å². The van der Waals surface area contributed by atoms with Crippen molar-refractivity contribution in [2.24, 2.45) is 0 Å². The minimum Gasteiger partial charge on any atom is -0.494 e. The summed E-state index contributed by atoms with van der Waals surface area (Å²) >= 11 is 0. The summed E-state index contributed by atoms with van der Waals surface area (Å²) in [5.41, 5.74) is 0.926. The smallest absolute Gasteiger partial charge is 0.262 e. The second kappa shape index (κ2) is 7.49. The molecule has 0 aliphatic heterocycles. The molecule has 1 aliphatic carbocycles. The van der Waals surface area contributed by atoms with Crippen LogP contribution < -0.4 is 10.1 Å². The van der Waals surface area contributed by atoms with Gasteiger partial charge in [0.15, 0.2) is 0 Å². The highest BCUT2D eigenvalue weighted by molar-refractivity contribution is 6.01. The summed E-state index contributed by atoms with van der Waals surface area (Å²) in [7, 11) is 0. The van der Waals surface area contributed by atoms with Crippen LogP contribution in [-0.2, 0) is 4.79 Å². The number of benzene rings is 1. The number of nitrogens with one attached hydrogen (secondary N) is 1. The second-order valence-electron chi connectivity index (χ2n) is 5.13. The molecule has 0 atom stereocenters. The molecule has 0 heterocycles. The van der Waals surface area contributed by atoms with Crippen LogP contribution >= 0.6 is 0 Å². The molecule has 4 nitrogen and oxygen atoms in total. The quantitative estimate of drug-likeness (QED) is 0.667. The first-order chi connectivity index (χ1) is 10.2. The summed E-state index contributed by atoms with van der Waals surface area (Å²) in [6.07, 6.45) is 5.90. The molecular formula is C17H20N2O2. The molecule has 1 saturated carbocycles. The molecule has 110 valence electrons. The molecule has 0 unspecified atom stereocenters. The largest absolute Gasteiger partial charge is 0.494 e. The van der Waals surface area contributed by atoms with Crippen molar-refractivity contribution in [2.75, 3.05) is 6.61 Å². The third-order valence-corrected chi connectivity index (χ3v) is 3.54. The first-order valence-corrected chi connectivity index (χ1v) is 7.38. The van der Waals surface area contributed by atoms with Crippen LogP contribution in [0.5, 0.6) is 5.75 Å². The Labute approximate surface area is 125 Å². The number of rotatable bonds is 5. The standard InChI is InChI=1S/C17H20N2O2/c1-2-21-16-9-5-6-13(11-16)10-14(12-18)17(20)19-15-7-3-4-8-15/h5-6,9-11,15H,2-4,7-8H2,1H3,(H,19,20)/b14-10-. The number of carbonyl (C=O) groups is 1. The van der Waals surface area contributed by atoms with Gasteiger partial charge in [-0.1, -0.05) is 25.0 Å². The average molecular weight is 284 g/mol. The van der Waals surface area contributed by atoms with Crippen LogP contribution in [0.2, 0.25) is 0 Å². The molecule has 1 aromatic carbocycles. The Morgan fingerprint density at radius 1 is 1.48 bits per heavy atom. The number of amides is 1. The fraction of sp³-hybridized carbons (Fsp3) is 0.412. The normalized spacial score (nSPS) is 15.5. The third-order valence-electron chi connectivity index (χ3n) is 3.54. The molecule has 0 bridgehead atoms. The maximum atomic E-state index is 12.1. The van der Waals surface area contributed by atoms with Crippen LogP contribution in [0.25, 0.3) is 6.08 Å². The van der Waals surface area contributed by atoms with Crippen molar-refractivity contribution >= 4 is 12.0 Å². The Morgan fingerprint density at radius 3 is 2.90 bits per heavy atom. The molecule has 21 heavy (non-hydrogen) atoms. The monoisotopic (exact) mass is 284 g/mol. The predicted octanol–water partition coefficient (Wildman–Crippen LogP) is 3.05. The zero-order valence-corrected chi connectivity index (χ0v) is 12.3. The summed E-state index contributed by atoms with van der Waals surface area (Å²) in [6.45, 7) is 2.50. The zero-order valence-electron chi connectivity index (χ0n) is 12.3. The van der Waals surface area contributed by atoms with Crippen molar-refractivity contribution in [1.82, 2.24) is 5.32 Å². The molecule has 2 rings (SSSR count). The molecule has 1 N–H and O–H groups in total. The van der Waals surface area contributed by atoms with Gasteiger partial charge in [-0.3, -0.25) is 4.79 Å². The van der Waals surface area contributed by atoms with E-state index in [-0.39, 0.29) is 17.5 Å². The highest BCUT2D eigenvalue weighted by Gasteiger charge is 2.19. The lowest BCUT2D eigenvalue weighted by Gasteiger charge is -2.11. The molecule has 1 fully saturated rings. The summed E-state index contributed by atoms with van der Waals surface area (Å²) in [5.74, 6) is 0.450. The fourth-order valence-corrected chi connectivity index (χ4v) is 2.51. The molecule has 1 aromatic rings. The van der Waals surface area contributed by atoms with Crippen molar-refractivity contribution in [3.05, 3.63) is 35.4 Å². The van der Waals surface area contributed by atoms with Gasteiger partial charge in [-0.05, 0) is 43.5 Å². The van der Waals surface area contributed by atoms with E-state index >= 15 is 0 Å². The number of nitriles is 1. The highest BCUT2D eigenvalue weighted by atomic mass is 16.5. The number of nitrogens with zero attached hydrogens (tertiary/aromatic N) is 1. The number of hydrogen-bond acceptors (Lipinski definition) is 3. The number of hydrogen-bond donors (Lipinski definition) is 1. The van der Waals surface area contributed by atoms with Crippen molar-refractivity contribution in [3.63, 3.8) is 0 Å². The van der Waals surface area contributed by atoms with Crippen molar-refractivity contribution in [3.8, 4) is 11.8 Å². The van der Waals surface area contributed by atoms with Gasteiger partial charge >= 0.3 is 0 Å². The highest BCUT2D eigenvalue weighted by Crippen LogP contribution is 2.19. The van der Waals surface area contributed by atoms with E-state index in [1.165, 1.54) is 0 Å². The van der Waals surface area contributed by atoms with Gasteiger partial charge in [0.2, 0.25) is 0 Å². The lowest BCUT2D eigenvalue weighted by atomic mass is 10.1. The van der Waals surface area contributed by atoms with Crippen molar-refractivity contribution in [1.29, 1.82) is 5.26 Å². The van der Waals surface area contributed by atoms with Crippen LogP contribution in [0.15, 0.2) is 29.8 Å². The topological polar surface area (TPSA) is 62.1 Å². The number of ether oxygens (including phenoxy) is 1. The van der Waals surface area contributed by atoms with Crippen LogP contribution in [0.3, 0.4) is 0 Å². The van der Waals surface area contributed by atoms with E-state index < -0.39 is 0 Å². The Kier molecular flexibility index (Phi) is 5.39. The Morgan fingerprint density at radius 2 is 2.24 bits per heavy atom. The van der Waals surface area contributed by atoms with E-state index in [1.54, 1.807) is 6.08 Å². The van der Waals surface area contributed by atoms with E-state index in [0.717, 1.165) is 37.0 Å². The van der Waals surface area contributed by atoms with Crippen LogP contribution in [0, 0.1) is 11.3 Å². The fourth-order valence-electron chi connectivity index (χ4n) is 2.51. The van der Waals surface area contributed by atoms with Gasteiger partial charge in [-0.25, -0.2) is 0 Å². The first-order valence-electron chi connectivity index (χ1n) is 7.38. The molecule has 0 aromatic heterocycles. The van der Waals surface area contributed by atoms with E-state index in [9.17, 15) is 10.1 Å². The van der Waals surface area contributed by atoms with Gasteiger partial charge in [0.05, 0.1) is 6.61 Å². The van der Waals surface area contributed by atoms with Gasteiger partial charge in [0, 0.05) is 6.04 Å². The lowest BCUT2D eigenvalue weighted by Crippen LogP contribution is -2.33. The zero-order chi connectivity index (χ0) is 15.1. The predicted molar refractivity (Wildman–Crippen MR) is 81.6 cm³/mol. The van der Waals surface area contributed by atoms with Gasteiger partial charge in [0.1, 0.15) is 17.4 Å². The van der Waals surface area contributed by atoms with E-state index in [1.807, 2.05) is 37.3 Å². The Hall–Kier alpha value is -2.28. The average Bonchev–Trinajstić information content (AvgIpc) is 2.98. The second-order valence-corrected chi connectivity index (χ2v) is 5.13. The molecular weight excluding hydrogens is 264 g/mol. The molecule has 1 amide bonds. The summed E-state index contributed by atoms with van der Waals surface area (Å²) in [6, 6.07) is 9.57. The van der Waals surface area contributed by atoms with Crippen molar-refractivity contribution in [2.45, 2.75) is 38.6 Å². The van der Waals surface area contributed by atoms with Gasteiger partial charge in [0.25, 0.3) is 5.91 Å². The summed E-state index contributed by atoms with van der Waals surface area (Å²) in [5, 5.41) is 12.1. The van der Waals surface area contributed by atoms with E-state index in [2.05, 4.69) is 5.32 Å². The maximum absolute atomic E-state index is 12.1. The Balaban J connectivity index is 2.10. The Bertz CT molecular complexity index is 566. The lowest BCUT2D eigenvalue weighted by molar-refractivity contribution is -0.117. The summed E-state index contributed by atoms with van der Waals surface area (Å²) in [4.78, 5) is 12.1. The molecule has 0 radical (unpaired) electrons. The number of carbonyl (C=O) groups excluding carboxylic acids is 1. The van der Waals surface area contributed by atoms with Crippen molar-refractivity contribution < 1.29 is 9.53 Å². The molecule has 0 spiro atoms. The molecule has 1 aliphatic rings. The maximum Gasteiger partial charge on any atom is 0.262 e. The van der Waals surface area contributed by atoms with E-state index in [4.69, 9.17) is 4.74 Å². The third kappa shape index (κ3) is 4.35. The van der Waals surface area contributed by atoms with E-state index in [0.29, 0.717) is 6.61 Å². The summed E-state index contributed by atoms with van der Waals surface area (Å²) < 4.78 is 5.42. The van der Waals surface area contributed by atoms with Gasteiger partial charge < -0.3 is 10.1 Å². The molecule has 4 heteroatoms.